The quantitative estimate of drug-likeness (QED) is 0.664. The molecule has 4 heteroatoms. The minimum atomic E-state index is -0.856. The number of aliphatic hydroxyl groups excluding tert-OH is 2. The maximum Gasteiger partial charge on any atom is 0.135 e. The van der Waals surface area contributed by atoms with E-state index in [1.807, 2.05) is 34.6 Å². The number of hydrogen-bond donors (Lipinski definition) is 2. The first-order chi connectivity index (χ1) is 8.23. The molecule has 0 aliphatic carbocycles. The Morgan fingerprint density at radius 1 is 1.06 bits per heavy atom. The van der Waals surface area contributed by atoms with Crippen LogP contribution in [0.2, 0.25) is 0 Å². The molecule has 2 N–H and O–H groups in total. The minimum Gasteiger partial charge on any atom is -0.390 e. The van der Waals surface area contributed by atoms with Crippen molar-refractivity contribution in [3.8, 4) is 0 Å². The Kier molecular flexibility index (Phi) is 8.40. The molecule has 3 unspecified atom stereocenters. The van der Waals surface area contributed by atoms with Crippen LogP contribution in [0.4, 0.5) is 0 Å². The number of carbonyl (C=O) groups excluding carboxylic acids is 1. The van der Waals surface area contributed by atoms with Crippen molar-refractivity contribution in [1.82, 2.24) is 0 Å². The predicted molar refractivity (Wildman–Crippen MR) is 71.4 cm³/mol. The molecule has 0 heterocycles. The van der Waals surface area contributed by atoms with E-state index in [1.54, 1.807) is 0 Å². The topological polar surface area (TPSA) is 66.8 Å². The standard InChI is InChI=1S/C14H28O4/c1-9(2)12(15)6-7-13(16)14(17)8-11(5)18-10(3)4/h9-11,13-14,16-17H,6-8H2,1-5H3. The summed E-state index contributed by atoms with van der Waals surface area (Å²) in [6.07, 6.45) is -0.677. The molecule has 0 spiro atoms. The van der Waals surface area contributed by atoms with Gasteiger partial charge in [0.1, 0.15) is 5.78 Å². The lowest BCUT2D eigenvalue weighted by Gasteiger charge is -2.23. The van der Waals surface area contributed by atoms with E-state index >= 15 is 0 Å². The van der Waals surface area contributed by atoms with E-state index in [2.05, 4.69) is 0 Å². The molecule has 3 atom stereocenters. The summed E-state index contributed by atoms with van der Waals surface area (Å²) in [4.78, 5) is 11.4. The van der Waals surface area contributed by atoms with Gasteiger partial charge in [0, 0.05) is 18.8 Å². The van der Waals surface area contributed by atoms with E-state index in [0.29, 0.717) is 19.3 Å². The van der Waals surface area contributed by atoms with Gasteiger partial charge in [0.25, 0.3) is 0 Å². The third kappa shape index (κ3) is 7.80. The van der Waals surface area contributed by atoms with Gasteiger partial charge >= 0.3 is 0 Å². The summed E-state index contributed by atoms with van der Waals surface area (Å²) in [5.74, 6) is 0.102. The smallest absolute Gasteiger partial charge is 0.135 e. The third-order valence-corrected chi connectivity index (χ3v) is 2.85. The summed E-state index contributed by atoms with van der Waals surface area (Å²) in [5.41, 5.74) is 0. The monoisotopic (exact) mass is 260 g/mol. The van der Waals surface area contributed by atoms with Crippen LogP contribution in [0.25, 0.3) is 0 Å². The Labute approximate surface area is 110 Å². The molecule has 0 amide bonds. The summed E-state index contributed by atoms with van der Waals surface area (Å²) >= 11 is 0. The maximum absolute atomic E-state index is 11.4. The van der Waals surface area contributed by atoms with E-state index in [1.165, 1.54) is 0 Å². The Morgan fingerprint density at radius 3 is 2.06 bits per heavy atom. The number of carbonyl (C=O) groups is 1. The molecule has 0 radical (unpaired) electrons. The van der Waals surface area contributed by atoms with Crippen LogP contribution in [-0.2, 0) is 9.53 Å². The highest BCUT2D eigenvalue weighted by Gasteiger charge is 2.21. The first kappa shape index (κ1) is 17.6. The van der Waals surface area contributed by atoms with Crippen molar-refractivity contribution in [2.45, 2.75) is 78.3 Å². The van der Waals surface area contributed by atoms with Gasteiger partial charge in [-0.3, -0.25) is 4.79 Å². The number of aliphatic hydroxyl groups is 2. The SMILES string of the molecule is CC(C)OC(C)CC(O)C(O)CCC(=O)C(C)C. The highest BCUT2D eigenvalue weighted by molar-refractivity contribution is 5.80. The molecule has 4 nitrogen and oxygen atoms in total. The van der Waals surface area contributed by atoms with E-state index in [4.69, 9.17) is 4.74 Å². The number of ether oxygens (including phenoxy) is 1. The fourth-order valence-electron chi connectivity index (χ4n) is 1.79. The lowest BCUT2D eigenvalue weighted by molar-refractivity contribution is -0.123. The average Bonchev–Trinajstić information content (AvgIpc) is 2.23. The third-order valence-electron chi connectivity index (χ3n) is 2.85. The van der Waals surface area contributed by atoms with Crippen molar-refractivity contribution in [3.63, 3.8) is 0 Å². The van der Waals surface area contributed by atoms with Gasteiger partial charge < -0.3 is 14.9 Å². The number of rotatable bonds is 9. The lowest BCUT2D eigenvalue weighted by Crippen LogP contribution is -2.31. The molecule has 0 bridgehead atoms. The van der Waals surface area contributed by atoms with Crippen LogP contribution in [0, 0.1) is 5.92 Å². The van der Waals surface area contributed by atoms with Crippen LogP contribution in [0.5, 0.6) is 0 Å². The molecule has 0 aromatic carbocycles. The fourth-order valence-corrected chi connectivity index (χ4v) is 1.79. The van der Waals surface area contributed by atoms with Crippen molar-refractivity contribution in [3.05, 3.63) is 0 Å². The van der Waals surface area contributed by atoms with Crippen molar-refractivity contribution in [2.24, 2.45) is 5.92 Å². The highest BCUT2D eigenvalue weighted by Crippen LogP contribution is 2.13. The van der Waals surface area contributed by atoms with E-state index < -0.39 is 12.2 Å². The Bertz CT molecular complexity index is 238. The molecule has 0 saturated heterocycles. The van der Waals surface area contributed by atoms with Gasteiger partial charge in [-0.05, 0) is 27.2 Å². The van der Waals surface area contributed by atoms with Crippen LogP contribution < -0.4 is 0 Å². The fraction of sp³-hybridized carbons (Fsp3) is 0.929. The Balaban J connectivity index is 3.95. The largest absolute Gasteiger partial charge is 0.390 e. The molecule has 0 aromatic rings. The first-order valence-corrected chi connectivity index (χ1v) is 6.78. The van der Waals surface area contributed by atoms with Gasteiger partial charge in [0.15, 0.2) is 0 Å². The summed E-state index contributed by atoms with van der Waals surface area (Å²) in [6.45, 7) is 9.41. The van der Waals surface area contributed by atoms with Crippen LogP contribution in [0.1, 0.15) is 53.9 Å². The molecular weight excluding hydrogens is 232 g/mol. The average molecular weight is 260 g/mol. The molecule has 0 aromatic heterocycles. The summed E-state index contributed by atoms with van der Waals surface area (Å²) in [6, 6.07) is 0. The van der Waals surface area contributed by atoms with Crippen LogP contribution in [-0.4, -0.2) is 40.4 Å². The van der Waals surface area contributed by atoms with Gasteiger partial charge in [-0.1, -0.05) is 13.8 Å². The Hall–Kier alpha value is -0.450. The number of ketones is 1. The van der Waals surface area contributed by atoms with E-state index in [9.17, 15) is 15.0 Å². The maximum atomic E-state index is 11.4. The second-order valence-corrected chi connectivity index (χ2v) is 5.53. The zero-order valence-corrected chi connectivity index (χ0v) is 12.2. The molecule has 18 heavy (non-hydrogen) atoms. The summed E-state index contributed by atoms with van der Waals surface area (Å²) in [7, 11) is 0. The van der Waals surface area contributed by atoms with Crippen molar-refractivity contribution in [1.29, 1.82) is 0 Å². The van der Waals surface area contributed by atoms with Gasteiger partial charge in [-0.15, -0.1) is 0 Å². The number of hydrogen-bond acceptors (Lipinski definition) is 4. The van der Waals surface area contributed by atoms with Gasteiger partial charge in [-0.2, -0.15) is 0 Å². The first-order valence-electron chi connectivity index (χ1n) is 6.78. The zero-order valence-electron chi connectivity index (χ0n) is 12.2. The van der Waals surface area contributed by atoms with Crippen LogP contribution in [0.3, 0.4) is 0 Å². The van der Waals surface area contributed by atoms with Crippen LogP contribution in [0.15, 0.2) is 0 Å². The van der Waals surface area contributed by atoms with E-state index in [0.717, 1.165) is 0 Å². The normalized spacial score (nSPS) is 16.9. The van der Waals surface area contributed by atoms with Crippen molar-refractivity contribution >= 4 is 5.78 Å². The molecular formula is C14H28O4. The molecule has 108 valence electrons. The molecule has 0 fully saturated rings. The van der Waals surface area contributed by atoms with Gasteiger partial charge in [0.05, 0.1) is 24.4 Å². The zero-order chi connectivity index (χ0) is 14.3. The Morgan fingerprint density at radius 2 is 1.61 bits per heavy atom. The molecule has 0 saturated carbocycles. The van der Waals surface area contributed by atoms with Crippen LogP contribution >= 0.6 is 0 Å². The summed E-state index contributed by atoms with van der Waals surface area (Å²) in [5, 5.41) is 19.6. The number of Topliss-reactive ketones (excluding diaryl/α,β-unsaturated/α-hetero) is 1. The lowest BCUT2D eigenvalue weighted by atomic mass is 9.98. The second-order valence-electron chi connectivity index (χ2n) is 5.53. The van der Waals surface area contributed by atoms with Crippen molar-refractivity contribution in [2.75, 3.05) is 0 Å². The molecule has 0 aliphatic rings. The predicted octanol–water partition coefficient (Wildman–Crippen LogP) is 1.92. The molecule has 0 rings (SSSR count). The second kappa shape index (κ2) is 8.62. The summed E-state index contributed by atoms with van der Waals surface area (Å²) < 4.78 is 5.50. The minimum absolute atomic E-state index is 0.0162. The highest BCUT2D eigenvalue weighted by atomic mass is 16.5. The molecule has 0 aliphatic heterocycles. The van der Waals surface area contributed by atoms with Gasteiger partial charge in [-0.25, -0.2) is 0 Å². The van der Waals surface area contributed by atoms with Crippen molar-refractivity contribution < 1.29 is 19.7 Å². The van der Waals surface area contributed by atoms with Gasteiger partial charge in [0.2, 0.25) is 0 Å². The van der Waals surface area contributed by atoms with E-state index in [-0.39, 0.29) is 23.9 Å².